The largest absolute Gasteiger partial charge is 0.434 e. The van der Waals surface area contributed by atoms with Gasteiger partial charge in [0.2, 0.25) is 0 Å². The number of aromatic nitrogens is 2. The summed E-state index contributed by atoms with van der Waals surface area (Å²) in [6.07, 6.45) is 2.44. The number of nitrogens with zero attached hydrogens (tertiary/aromatic N) is 3. The highest BCUT2D eigenvalue weighted by Crippen LogP contribution is 2.25. The van der Waals surface area contributed by atoms with Crippen LogP contribution in [0.1, 0.15) is 24.9 Å². The number of hydrogen-bond acceptors (Lipinski definition) is 3. The van der Waals surface area contributed by atoms with E-state index in [1.165, 1.54) is 30.6 Å². The van der Waals surface area contributed by atoms with Crippen molar-refractivity contribution in [1.29, 1.82) is 0 Å². The fourth-order valence-corrected chi connectivity index (χ4v) is 2.40. The molecule has 0 unspecified atom stereocenters. The Morgan fingerprint density at radius 3 is 2.74 bits per heavy atom. The molecule has 0 aliphatic rings. The van der Waals surface area contributed by atoms with Gasteiger partial charge in [0.05, 0.1) is 13.1 Å². The molecule has 0 saturated carbocycles. The standard InChI is InChI=1S/C16H18ClF4N5O/c1-2-22-16(25-9-13-23-5-6-26(13)14(18)19)24-8-10-7-11(17)3-4-12(10)27-15(20)21/h3-7,14-15H,2,8-9H2,1H3,(H2,22,24,25). The number of alkyl halides is 4. The number of nitrogens with one attached hydrogen (secondary N) is 2. The Balaban J connectivity index is 2.11. The Morgan fingerprint density at radius 2 is 2.07 bits per heavy atom. The van der Waals surface area contributed by atoms with Gasteiger partial charge in [-0.25, -0.2) is 9.98 Å². The highest BCUT2D eigenvalue weighted by Gasteiger charge is 2.13. The van der Waals surface area contributed by atoms with Crippen LogP contribution < -0.4 is 15.4 Å². The van der Waals surface area contributed by atoms with Gasteiger partial charge in [-0.3, -0.25) is 4.57 Å². The average Bonchev–Trinajstić information content (AvgIpc) is 3.08. The quantitative estimate of drug-likeness (QED) is 0.397. The summed E-state index contributed by atoms with van der Waals surface area (Å²) in [5, 5.41) is 6.14. The molecule has 0 amide bonds. The predicted molar refractivity (Wildman–Crippen MR) is 93.2 cm³/mol. The molecule has 1 aromatic heterocycles. The van der Waals surface area contributed by atoms with Crippen LogP contribution in [0, 0.1) is 0 Å². The van der Waals surface area contributed by atoms with E-state index < -0.39 is 13.2 Å². The molecule has 27 heavy (non-hydrogen) atoms. The van der Waals surface area contributed by atoms with Gasteiger partial charge >= 0.3 is 13.2 Å². The smallest absolute Gasteiger partial charge is 0.387 e. The maximum absolute atomic E-state index is 12.9. The third-order valence-corrected chi connectivity index (χ3v) is 3.60. The second-order valence-corrected chi connectivity index (χ2v) is 5.64. The van der Waals surface area contributed by atoms with Crippen molar-refractivity contribution in [3.05, 3.63) is 47.0 Å². The third kappa shape index (κ3) is 6.31. The third-order valence-electron chi connectivity index (χ3n) is 3.36. The van der Waals surface area contributed by atoms with Crippen molar-refractivity contribution in [3.63, 3.8) is 0 Å². The summed E-state index contributed by atoms with van der Waals surface area (Å²) < 4.78 is 55.9. The summed E-state index contributed by atoms with van der Waals surface area (Å²) in [6, 6.07) is 4.23. The van der Waals surface area contributed by atoms with Crippen molar-refractivity contribution in [2.75, 3.05) is 6.54 Å². The second kappa shape index (κ2) is 10.0. The molecule has 0 aliphatic carbocycles. The number of benzene rings is 1. The van der Waals surface area contributed by atoms with Crippen LogP contribution in [0.4, 0.5) is 17.6 Å². The molecule has 1 heterocycles. The van der Waals surface area contributed by atoms with Crippen LogP contribution in [0.3, 0.4) is 0 Å². The SMILES string of the molecule is CCNC(=NCc1cc(Cl)ccc1OC(F)F)NCc1nccn1C(F)F. The fraction of sp³-hybridized carbons (Fsp3) is 0.375. The highest BCUT2D eigenvalue weighted by molar-refractivity contribution is 6.30. The van der Waals surface area contributed by atoms with Crippen LogP contribution in [0.15, 0.2) is 35.6 Å². The lowest BCUT2D eigenvalue weighted by Gasteiger charge is -2.13. The average molecular weight is 408 g/mol. The number of aliphatic imine (C=N–C) groups is 1. The summed E-state index contributed by atoms with van der Waals surface area (Å²) in [5.74, 6) is 0.381. The monoisotopic (exact) mass is 407 g/mol. The van der Waals surface area contributed by atoms with Crippen LogP contribution in [-0.2, 0) is 13.1 Å². The zero-order valence-corrected chi connectivity index (χ0v) is 15.1. The molecule has 0 bridgehead atoms. The molecule has 1 aromatic carbocycles. The minimum Gasteiger partial charge on any atom is -0.434 e. The summed E-state index contributed by atoms with van der Waals surface area (Å²) in [5.41, 5.74) is 0.356. The van der Waals surface area contributed by atoms with E-state index in [1.807, 2.05) is 6.92 Å². The van der Waals surface area contributed by atoms with Gasteiger partial charge < -0.3 is 15.4 Å². The Bertz CT molecular complexity index is 769. The molecule has 6 nitrogen and oxygen atoms in total. The van der Waals surface area contributed by atoms with Gasteiger partial charge in [0.1, 0.15) is 11.6 Å². The summed E-state index contributed by atoms with van der Waals surface area (Å²) in [7, 11) is 0. The van der Waals surface area contributed by atoms with E-state index in [2.05, 4.69) is 25.3 Å². The number of halogens is 5. The van der Waals surface area contributed by atoms with Crippen molar-refractivity contribution < 1.29 is 22.3 Å². The molecule has 0 fully saturated rings. The highest BCUT2D eigenvalue weighted by atomic mass is 35.5. The molecular formula is C16H18ClF4N5O. The van der Waals surface area contributed by atoms with Crippen LogP contribution in [-0.4, -0.2) is 28.7 Å². The first-order valence-electron chi connectivity index (χ1n) is 7.96. The summed E-state index contributed by atoms with van der Waals surface area (Å²) in [4.78, 5) is 8.12. The van der Waals surface area contributed by atoms with Gasteiger partial charge in [-0.1, -0.05) is 11.6 Å². The van der Waals surface area contributed by atoms with E-state index >= 15 is 0 Å². The second-order valence-electron chi connectivity index (χ2n) is 5.21. The van der Waals surface area contributed by atoms with Crippen LogP contribution in [0.25, 0.3) is 0 Å². The molecule has 11 heteroatoms. The lowest BCUT2D eigenvalue weighted by Crippen LogP contribution is -2.37. The first-order chi connectivity index (χ1) is 12.9. The van der Waals surface area contributed by atoms with E-state index in [-0.39, 0.29) is 24.7 Å². The lowest BCUT2D eigenvalue weighted by atomic mass is 10.2. The van der Waals surface area contributed by atoms with Crippen molar-refractivity contribution in [3.8, 4) is 5.75 Å². The molecule has 2 N–H and O–H groups in total. The minimum absolute atomic E-state index is 0.000883. The van der Waals surface area contributed by atoms with Crippen LogP contribution in [0.2, 0.25) is 5.02 Å². The number of guanidine groups is 1. The van der Waals surface area contributed by atoms with Crippen molar-refractivity contribution in [1.82, 2.24) is 20.2 Å². The topological polar surface area (TPSA) is 63.5 Å². The molecule has 2 aromatic rings. The molecule has 2 rings (SSSR count). The summed E-state index contributed by atoms with van der Waals surface area (Å²) >= 11 is 5.90. The first kappa shape index (κ1) is 20.8. The Morgan fingerprint density at radius 1 is 1.30 bits per heavy atom. The Labute approximate surface area is 158 Å². The molecule has 0 spiro atoms. The van der Waals surface area contributed by atoms with Gasteiger partial charge in [0.25, 0.3) is 0 Å². The Kier molecular flexibility index (Phi) is 7.71. The Hall–Kier alpha value is -2.49. The van der Waals surface area contributed by atoms with Gasteiger partial charge in [-0.2, -0.15) is 17.6 Å². The lowest BCUT2D eigenvalue weighted by molar-refractivity contribution is -0.0504. The molecule has 0 radical (unpaired) electrons. The van der Waals surface area contributed by atoms with E-state index in [0.29, 0.717) is 23.1 Å². The normalized spacial score (nSPS) is 11.9. The van der Waals surface area contributed by atoms with E-state index in [9.17, 15) is 17.6 Å². The van der Waals surface area contributed by atoms with Gasteiger partial charge in [0.15, 0.2) is 5.96 Å². The van der Waals surface area contributed by atoms with Gasteiger partial charge in [-0.15, -0.1) is 0 Å². The molecule has 148 valence electrons. The van der Waals surface area contributed by atoms with E-state index in [4.69, 9.17) is 11.6 Å². The maximum atomic E-state index is 12.9. The van der Waals surface area contributed by atoms with Crippen LogP contribution in [0.5, 0.6) is 5.75 Å². The van der Waals surface area contributed by atoms with Gasteiger partial charge in [-0.05, 0) is 25.1 Å². The van der Waals surface area contributed by atoms with Crippen molar-refractivity contribution in [2.45, 2.75) is 33.2 Å². The fourth-order valence-electron chi connectivity index (χ4n) is 2.21. The molecular weight excluding hydrogens is 390 g/mol. The van der Waals surface area contributed by atoms with Crippen molar-refractivity contribution in [2.24, 2.45) is 4.99 Å². The zero-order chi connectivity index (χ0) is 19.8. The first-order valence-corrected chi connectivity index (χ1v) is 8.33. The van der Waals surface area contributed by atoms with Gasteiger partial charge in [0, 0.05) is 29.5 Å². The number of hydrogen-bond donors (Lipinski definition) is 2. The summed E-state index contributed by atoms with van der Waals surface area (Å²) in [6.45, 7) is -3.37. The van der Waals surface area contributed by atoms with E-state index in [0.717, 1.165) is 4.57 Å². The number of ether oxygens (including phenoxy) is 1. The zero-order valence-electron chi connectivity index (χ0n) is 14.3. The van der Waals surface area contributed by atoms with E-state index in [1.54, 1.807) is 0 Å². The number of rotatable bonds is 8. The predicted octanol–water partition coefficient (Wildman–Crippen LogP) is 3.79. The maximum Gasteiger partial charge on any atom is 0.387 e. The van der Waals surface area contributed by atoms with Crippen molar-refractivity contribution >= 4 is 17.6 Å². The van der Waals surface area contributed by atoms with Crippen LogP contribution >= 0.6 is 11.6 Å². The minimum atomic E-state index is -2.98. The number of imidazole rings is 1. The molecule has 0 atom stereocenters. The molecule has 0 aliphatic heterocycles. The molecule has 0 saturated heterocycles.